The van der Waals surface area contributed by atoms with E-state index in [1.807, 2.05) is 6.07 Å². The van der Waals surface area contributed by atoms with Crippen molar-refractivity contribution in [2.75, 3.05) is 6.54 Å². The number of fused-ring (bicyclic) bond motifs is 2. The van der Waals surface area contributed by atoms with E-state index in [1.54, 1.807) is 6.07 Å². The summed E-state index contributed by atoms with van der Waals surface area (Å²) in [5.41, 5.74) is 9.10. The molecular formula is C20H25N3O2. The molecule has 0 aliphatic carbocycles. The van der Waals surface area contributed by atoms with Gasteiger partial charge in [-0.25, -0.2) is 4.98 Å². The predicted molar refractivity (Wildman–Crippen MR) is 97.8 cm³/mol. The molecule has 1 aliphatic rings. The summed E-state index contributed by atoms with van der Waals surface area (Å²) in [5, 5.41) is 3.49. The van der Waals surface area contributed by atoms with Gasteiger partial charge in [-0.3, -0.25) is 4.79 Å². The topological polar surface area (TPSA) is 77.2 Å². The van der Waals surface area contributed by atoms with Crippen LogP contribution < -0.4 is 15.8 Å². The van der Waals surface area contributed by atoms with Crippen LogP contribution in [0.4, 0.5) is 0 Å². The van der Waals surface area contributed by atoms with E-state index in [-0.39, 0.29) is 0 Å². The molecular weight excluding hydrogens is 314 g/mol. The van der Waals surface area contributed by atoms with E-state index in [0.29, 0.717) is 17.4 Å². The summed E-state index contributed by atoms with van der Waals surface area (Å²) in [5.74, 6) is 1.65. The van der Waals surface area contributed by atoms with Gasteiger partial charge in [-0.1, -0.05) is 26.0 Å². The summed E-state index contributed by atoms with van der Waals surface area (Å²) >= 11 is 0. The highest BCUT2D eigenvalue weighted by Crippen LogP contribution is 2.33. The van der Waals surface area contributed by atoms with Crippen LogP contribution in [-0.4, -0.2) is 17.4 Å². The lowest BCUT2D eigenvalue weighted by Crippen LogP contribution is -2.16. The molecule has 0 radical (unpaired) electrons. The largest absolute Gasteiger partial charge is 0.438 e. The maximum Gasteiger partial charge on any atom is 0.250 e. The number of carbonyl (C=O) groups excluding carboxylic acids is 1. The van der Waals surface area contributed by atoms with E-state index in [1.165, 1.54) is 23.7 Å². The monoisotopic (exact) mass is 339 g/mol. The number of pyridine rings is 1. The van der Waals surface area contributed by atoms with Crippen molar-refractivity contribution in [3.63, 3.8) is 0 Å². The molecule has 0 atom stereocenters. The normalized spacial score (nSPS) is 12.9. The van der Waals surface area contributed by atoms with Crippen LogP contribution in [0.2, 0.25) is 0 Å². The van der Waals surface area contributed by atoms with Crippen LogP contribution in [0.25, 0.3) is 0 Å². The molecule has 0 fully saturated rings. The van der Waals surface area contributed by atoms with Gasteiger partial charge in [0.1, 0.15) is 5.75 Å². The number of carbonyl (C=O) groups is 1. The number of primary amides is 1. The molecule has 5 heteroatoms. The van der Waals surface area contributed by atoms with Crippen LogP contribution in [0.5, 0.6) is 11.6 Å². The minimum absolute atomic E-state index is 0.420. The second-order valence-electron chi connectivity index (χ2n) is 6.96. The number of nitrogens with one attached hydrogen (secondary N) is 1. The number of rotatable bonds is 6. The van der Waals surface area contributed by atoms with Crippen LogP contribution >= 0.6 is 0 Å². The van der Waals surface area contributed by atoms with Crippen LogP contribution in [-0.2, 0) is 19.4 Å². The molecule has 0 saturated carbocycles. The van der Waals surface area contributed by atoms with E-state index in [4.69, 9.17) is 10.5 Å². The lowest BCUT2D eigenvalue weighted by atomic mass is 10.0. The SMILES string of the molecule is CC(C)CCNCc1ccc2c(c1)CCc1cc(C(N)=O)cnc1O2. The number of benzene rings is 1. The lowest BCUT2D eigenvalue weighted by Gasteiger charge is -2.11. The zero-order valence-corrected chi connectivity index (χ0v) is 14.8. The second kappa shape index (κ2) is 7.66. The number of hydrogen-bond donors (Lipinski definition) is 2. The number of aromatic nitrogens is 1. The van der Waals surface area contributed by atoms with Crippen LogP contribution in [0.3, 0.4) is 0 Å². The number of amides is 1. The quantitative estimate of drug-likeness (QED) is 0.792. The van der Waals surface area contributed by atoms with Crippen LogP contribution in [0.15, 0.2) is 30.5 Å². The summed E-state index contributed by atoms with van der Waals surface area (Å²) in [4.78, 5) is 15.6. The zero-order chi connectivity index (χ0) is 17.8. The third-order valence-electron chi connectivity index (χ3n) is 4.43. The maximum atomic E-state index is 11.3. The van der Waals surface area contributed by atoms with Gasteiger partial charge in [0, 0.05) is 18.3 Å². The Balaban J connectivity index is 1.71. The molecule has 2 aromatic rings. The number of nitrogens with zero attached hydrogens (tertiary/aromatic N) is 1. The lowest BCUT2D eigenvalue weighted by molar-refractivity contribution is 0.1000. The molecule has 0 unspecified atom stereocenters. The standard InChI is InChI=1S/C20H25N3O2/c1-13(2)7-8-22-11-14-3-6-18-15(9-14)4-5-16-10-17(19(21)24)12-23-20(16)25-18/h3,6,9-10,12-13,22H,4-5,7-8,11H2,1-2H3,(H2,21,24). The second-order valence-corrected chi connectivity index (χ2v) is 6.96. The Labute approximate surface area is 148 Å². The van der Waals surface area contributed by atoms with Crippen LogP contribution in [0.1, 0.15) is 47.3 Å². The fourth-order valence-corrected chi connectivity index (χ4v) is 2.94. The van der Waals surface area contributed by atoms with Crippen LogP contribution in [0, 0.1) is 5.92 Å². The van der Waals surface area contributed by atoms with Crippen molar-refractivity contribution >= 4 is 5.91 Å². The molecule has 5 nitrogen and oxygen atoms in total. The fourth-order valence-electron chi connectivity index (χ4n) is 2.94. The number of aryl methyl sites for hydroxylation is 2. The highest BCUT2D eigenvalue weighted by molar-refractivity contribution is 5.92. The number of nitrogens with two attached hydrogens (primary N) is 1. The van der Waals surface area contributed by atoms with Gasteiger partial charge >= 0.3 is 0 Å². The van der Waals surface area contributed by atoms with Crippen molar-refractivity contribution in [1.82, 2.24) is 10.3 Å². The molecule has 1 amide bonds. The molecule has 0 saturated heterocycles. The smallest absolute Gasteiger partial charge is 0.250 e. The van der Waals surface area contributed by atoms with E-state index >= 15 is 0 Å². The molecule has 2 heterocycles. The average Bonchev–Trinajstić information content (AvgIpc) is 2.76. The molecule has 1 aromatic carbocycles. The van der Waals surface area contributed by atoms with E-state index in [0.717, 1.165) is 37.2 Å². The first kappa shape index (κ1) is 17.4. The van der Waals surface area contributed by atoms with Crippen molar-refractivity contribution in [1.29, 1.82) is 0 Å². The Hall–Kier alpha value is -2.40. The predicted octanol–water partition coefficient (Wildman–Crippen LogP) is 3.21. The summed E-state index contributed by atoms with van der Waals surface area (Å²) in [6, 6.07) is 8.07. The minimum Gasteiger partial charge on any atom is -0.438 e. The molecule has 25 heavy (non-hydrogen) atoms. The molecule has 1 aromatic heterocycles. The third-order valence-corrected chi connectivity index (χ3v) is 4.43. The summed E-state index contributed by atoms with van der Waals surface area (Å²) in [7, 11) is 0. The Kier molecular flexibility index (Phi) is 5.34. The van der Waals surface area contributed by atoms with E-state index < -0.39 is 5.91 Å². The van der Waals surface area contributed by atoms with Gasteiger partial charge in [0.2, 0.25) is 11.8 Å². The van der Waals surface area contributed by atoms with E-state index in [2.05, 4.69) is 36.3 Å². The van der Waals surface area contributed by atoms with Gasteiger partial charge in [-0.05, 0) is 55.0 Å². The average molecular weight is 339 g/mol. The van der Waals surface area contributed by atoms with Crippen molar-refractivity contribution in [3.8, 4) is 11.6 Å². The Morgan fingerprint density at radius 3 is 2.84 bits per heavy atom. The maximum absolute atomic E-state index is 11.3. The van der Waals surface area contributed by atoms with Gasteiger partial charge in [-0.15, -0.1) is 0 Å². The van der Waals surface area contributed by atoms with Crippen molar-refractivity contribution < 1.29 is 9.53 Å². The molecule has 1 aliphatic heterocycles. The van der Waals surface area contributed by atoms with Gasteiger partial charge in [0.25, 0.3) is 0 Å². The number of ether oxygens (including phenoxy) is 1. The van der Waals surface area contributed by atoms with Gasteiger partial charge < -0.3 is 15.8 Å². The first-order valence-corrected chi connectivity index (χ1v) is 8.82. The fraction of sp³-hybridized carbons (Fsp3) is 0.400. The third kappa shape index (κ3) is 4.37. The molecule has 3 rings (SSSR count). The summed E-state index contributed by atoms with van der Waals surface area (Å²) in [6.45, 7) is 6.35. The van der Waals surface area contributed by atoms with Gasteiger partial charge in [-0.2, -0.15) is 0 Å². The van der Waals surface area contributed by atoms with Crippen molar-refractivity contribution in [3.05, 3.63) is 52.7 Å². The summed E-state index contributed by atoms with van der Waals surface area (Å²) in [6.07, 6.45) is 4.28. The molecule has 132 valence electrons. The first-order valence-electron chi connectivity index (χ1n) is 8.82. The summed E-state index contributed by atoms with van der Waals surface area (Å²) < 4.78 is 5.97. The molecule has 0 bridgehead atoms. The Morgan fingerprint density at radius 2 is 2.08 bits per heavy atom. The zero-order valence-electron chi connectivity index (χ0n) is 14.8. The molecule has 0 spiro atoms. The number of hydrogen-bond acceptors (Lipinski definition) is 4. The first-order chi connectivity index (χ1) is 12.0. The molecule has 3 N–H and O–H groups in total. The minimum atomic E-state index is -0.466. The van der Waals surface area contributed by atoms with Gasteiger partial charge in [0.15, 0.2) is 0 Å². The van der Waals surface area contributed by atoms with Crippen molar-refractivity contribution in [2.24, 2.45) is 11.7 Å². The Morgan fingerprint density at radius 1 is 1.28 bits per heavy atom. The Bertz CT molecular complexity index is 772. The van der Waals surface area contributed by atoms with E-state index in [9.17, 15) is 4.79 Å². The highest BCUT2D eigenvalue weighted by Gasteiger charge is 2.17. The van der Waals surface area contributed by atoms with Crippen molar-refractivity contribution in [2.45, 2.75) is 39.7 Å². The highest BCUT2D eigenvalue weighted by atomic mass is 16.5. The van der Waals surface area contributed by atoms with Gasteiger partial charge in [0.05, 0.1) is 5.56 Å².